The van der Waals surface area contributed by atoms with Crippen molar-refractivity contribution in [1.29, 1.82) is 5.26 Å². The molecule has 4 rings (SSSR count). The number of aromatic nitrogens is 3. The topological polar surface area (TPSA) is 49.3 Å². The van der Waals surface area contributed by atoms with Crippen molar-refractivity contribution in [2.75, 3.05) is 6.54 Å². The maximum absolute atomic E-state index is 9.50. The van der Waals surface area contributed by atoms with Gasteiger partial charge in [-0.3, -0.25) is 4.90 Å². The number of aryl methyl sites for hydroxylation is 1. The van der Waals surface area contributed by atoms with Gasteiger partial charge in [-0.25, -0.2) is 4.98 Å². The Morgan fingerprint density at radius 2 is 2.27 bits per heavy atom. The average Bonchev–Trinajstić information content (AvgIpc) is 3.07. The maximum atomic E-state index is 9.50. The van der Waals surface area contributed by atoms with Gasteiger partial charge >= 0.3 is 0 Å². The van der Waals surface area contributed by atoms with E-state index in [4.69, 9.17) is 0 Å². The lowest BCUT2D eigenvalue weighted by Gasteiger charge is -2.26. The molecule has 0 unspecified atom stereocenters. The molecule has 1 aliphatic rings. The molecule has 0 fully saturated rings. The molecule has 0 saturated carbocycles. The third-order valence-electron chi connectivity index (χ3n) is 4.45. The number of rotatable bonds is 2. The molecule has 5 nitrogen and oxygen atoms in total. The molecular weight excluding hydrogens is 274 g/mol. The van der Waals surface area contributed by atoms with Crippen molar-refractivity contribution in [2.45, 2.75) is 19.5 Å². The van der Waals surface area contributed by atoms with Crippen LogP contribution in [0.4, 0.5) is 0 Å². The molecule has 0 radical (unpaired) electrons. The Labute approximate surface area is 129 Å². The second-order valence-corrected chi connectivity index (χ2v) is 5.84. The standard InChI is InChI=1S/C17H17N5/c1-20-12-19-15-11-21(7-5-17(15)20)9-13-10-22-6-3-2-4-16(22)14(13)8-18/h2-4,6,10,12H,5,7,9,11H2,1H3. The smallest absolute Gasteiger partial charge is 0.102 e. The van der Waals surface area contributed by atoms with Gasteiger partial charge < -0.3 is 8.97 Å². The fraction of sp³-hybridized carbons (Fsp3) is 0.294. The lowest BCUT2D eigenvalue weighted by Crippen LogP contribution is -2.30. The summed E-state index contributed by atoms with van der Waals surface area (Å²) in [5, 5.41) is 9.50. The lowest BCUT2D eigenvalue weighted by atomic mass is 10.1. The van der Waals surface area contributed by atoms with E-state index < -0.39 is 0 Å². The van der Waals surface area contributed by atoms with Gasteiger partial charge in [0.2, 0.25) is 0 Å². The molecule has 3 aromatic heterocycles. The normalized spacial score (nSPS) is 14.9. The van der Waals surface area contributed by atoms with Gasteiger partial charge in [-0.1, -0.05) is 6.07 Å². The van der Waals surface area contributed by atoms with Crippen molar-refractivity contribution >= 4 is 5.52 Å². The van der Waals surface area contributed by atoms with Gasteiger partial charge in [0.25, 0.3) is 0 Å². The fourth-order valence-electron chi connectivity index (χ4n) is 3.31. The summed E-state index contributed by atoms with van der Waals surface area (Å²) in [6.45, 7) is 2.65. The molecule has 1 aliphatic heterocycles. The largest absolute Gasteiger partial charge is 0.337 e. The van der Waals surface area contributed by atoms with Crippen molar-refractivity contribution < 1.29 is 0 Å². The second kappa shape index (κ2) is 5.00. The average molecular weight is 291 g/mol. The maximum Gasteiger partial charge on any atom is 0.102 e. The van der Waals surface area contributed by atoms with Crippen LogP contribution < -0.4 is 0 Å². The highest BCUT2D eigenvalue weighted by atomic mass is 15.2. The van der Waals surface area contributed by atoms with Gasteiger partial charge in [0.15, 0.2) is 0 Å². The molecule has 0 saturated heterocycles. The Kier molecular flexibility index (Phi) is 2.98. The number of imidazole rings is 1. The number of hydrogen-bond acceptors (Lipinski definition) is 3. The Morgan fingerprint density at radius 1 is 1.36 bits per heavy atom. The molecule has 0 amide bonds. The first-order chi connectivity index (χ1) is 10.8. The molecule has 4 heterocycles. The SMILES string of the molecule is Cn1cnc2c1CCN(Cc1cn3ccccc3c1C#N)C2. The zero-order valence-corrected chi connectivity index (χ0v) is 12.5. The molecule has 5 heteroatoms. The molecular formula is C17H17N5. The lowest BCUT2D eigenvalue weighted by molar-refractivity contribution is 0.240. The Balaban J connectivity index is 1.64. The Bertz CT molecular complexity index is 880. The van der Waals surface area contributed by atoms with Gasteiger partial charge in [-0.2, -0.15) is 5.26 Å². The zero-order chi connectivity index (χ0) is 15.1. The van der Waals surface area contributed by atoms with Crippen molar-refractivity contribution in [2.24, 2.45) is 7.05 Å². The van der Waals surface area contributed by atoms with E-state index in [2.05, 4.69) is 33.8 Å². The van der Waals surface area contributed by atoms with Gasteiger partial charge in [-0.05, 0) is 12.1 Å². The van der Waals surface area contributed by atoms with Crippen molar-refractivity contribution in [3.05, 3.63) is 59.4 Å². The van der Waals surface area contributed by atoms with Crippen LogP contribution in [0.2, 0.25) is 0 Å². The summed E-state index contributed by atoms with van der Waals surface area (Å²) in [5.41, 5.74) is 5.35. The first-order valence-corrected chi connectivity index (χ1v) is 7.46. The predicted molar refractivity (Wildman–Crippen MR) is 83.1 cm³/mol. The van der Waals surface area contributed by atoms with Crippen LogP contribution in [0, 0.1) is 11.3 Å². The van der Waals surface area contributed by atoms with E-state index >= 15 is 0 Å². The highest BCUT2D eigenvalue weighted by molar-refractivity contribution is 5.65. The van der Waals surface area contributed by atoms with Crippen LogP contribution in [-0.4, -0.2) is 25.4 Å². The zero-order valence-electron chi connectivity index (χ0n) is 12.5. The fourth-order valence-corrected chi connectivity index (χ4v) is 3.31. The quantitative estimate of drug-likeness (QED) is 0.726. The number of nitriles is 1. The van der Waals surface area contributed by atoms with E-state index in [1.54, 1.807) is 0 Å². The summed E-state index contributed by atoms with van der Waals surface area (Å²) in [7, 11) is 2.05. The van der Waals surface area contributed by atoms with Crippen molar-refractivity contribution in [3.63, 3.8) is 0 Å². The van der Waals surface area contributed by atoms with Crippen LogP contribution >= 0.6 is 0 Å². The summed E-state index contributed by atoms with van der Waals surface area (Å²) >= 11 is 0. The highest BCUT2D eigenvalue weighted by Crippen LogP contribution is 2.23. The van der Waals surface area contributed by atoms with Crippen LogP contribution in [0.15, 0.2) is 36.9 Å². The Hall–Kier alpha value is -2.58. The molecule has 0 bridgehead atoms. The molecule has 0 aromatic carbocycles. The summed E-state index contributed by atoms with van der Waals surface area (Å²) in [5.74, 6) is 0. The van der Waals surface area contributed by atoms with Gasteiger partial charge in [0.05, 0.1) is 23.1 Å². The predicted octanol–water partition coefficient (Wildman–Crippen LogP) is 2.10. The number of pyridine rings is 1. The minimum atomic E-state index is 0.785. The molecule has 0 atom stereocenters. The first-order valence-electron chi connectivity index (χ1n) is 7.46. The van der Waals surface area contributed by atoms with Gasteiger partial charge in [0.1, 0.15) is 6.07 Å². The molecule has 0 N–H and O–H groups in total. The summed E-state index contributed by atoms with van der Waals surface area (Å²) in [6, 6.07) is 8.32. The van der Waals surface area contributed by atoms with Crippen LogP contribution in [0.3, 0.4) is 0 Å². The van der Waals surface area contributed by atoms with Crippen LogP contribution in [0.25, 0.3) is 5.52 Å². The third kappa shape index (κ3) is 2.00. The molecule has 22 heavy (non-hydrogen) atoms. The number of nitrogens with zero attached hydrogens (tertiary/aromatic N) is 5. The first kappa shape index (κ1) is 13.1. The van der Waals surface area contributed by atoms with E-state index in [1.807, 2.05) is 35.1 Å². The van der Waals surface area contributed by atoms with Crippen molar-refractivity contribution in [1.82, 2.24) is 18.9 Å². The third-order valence-corrected chi connectivity index (χ3v) is 4.45. The summed E-state index contributed by atoms with van der Waals surface area (Å²) in [6.07, 6.45) is 6.97. The van der Waals surface area contributed by atoms with Crippen molar-refractivity contribution in [3.8, 4) is 6.07 Å². The second-order valence-electron chi connectivity index (χ2n) is 5.84. The van der Waals surface area contributed by atoms with E-state index in [-0.39, 0.29) is 0 Å². The van der Waals surface area contributed by atoms with Gasteiger partial charge in [-0.15, -0.1) is 0 Å². The highest BCUT2D eigenvalue weighted by Gasteiger charge is 2.21. The van der Waals surface area contributed by atoms with E-state index in [9.17, 15) is 5.26 Å². The number of hydrogen-bond donors (Lipinski definition) is 0. The molecule has 0 spiro atoms. The summed E-state index contributed by atoms with van der Waals surface area (Å²) in [4.78, 5) is 6.85. The van der Waals surface area contributed by atoms with Gasteiger partial charge in [0, 0.05) is 56.8 Å². The summed E-state index contributed by atoms with van der Waals surface area (Å²) < 4.78 is 4.14. The molecule has 110 valence electrons. The van der Waals surface area contributed by atoms with E-state index in [1.165, 1.54) is 5.69 Å². The monoisotopic (exact) mass is 291 g/mol. The van der Waals surface area contributed by atoms with Crippen LogP contribution in [-0.2, 0) is 26.6 Å². The molecule has 3 aromatic rings. The minimum Gasteiger partial charge on any atom is -0.337 e. The minimum absolute atomic E-state index is 0.785. The van der Waals surface area contributed by atoms with Crippen LogP contribution in [0.5, 0.6) is 0 Å². The van der Waals surface area contributed by atoms with Crippen LogP contribution in [0.1, 0.15) is 22.5 Å². The Morgan fingerprint density at radius 3 is 3.14 bits per heavy atom. The van der Waals surface area contributed by atoms with E-state index in [0.29, 0.717) is 0 Å². The number of fused-ring (bicyclic) bond motifs is 2. The van der Waals surface area contributed by atoms with E-state index in [0.717, 1.165) is 48.4 Å². The molecule has 0 aliphatic carbocycles.